The quantitative estimate of drug-likeness (QED) is 0.364. The van der Waals surface area contributed by atoms with Gasteiger partial charge in [-0.05, 0) is 49.7 Å². The number of nitrogens with one attached hydrogen (secondary N) is 1. The van der Waals surface area contributed by atoms with Gasteiger partial charge in [0.15, 0.2) is 11.0 Å². The van der Waals surface area contributed by atoms with Crippen molar-refractivity contribution in [2.45, 2.75) is 37.3 Å². The van der Waals surface area contributed by atoms with E-state index in [9.17, 15) is 4.79 Å². The van der Waals surface area contributed by atoms with Crippen LogP contribution in [0.2, 0.25) is 20.1 Å². The number of nitrogens with zero attached hydrogens (tertiary/aromatic N) is 3. The van der Waals surface area contributed by atoms with E-state index in [1.807, 2.05) is 24.5 Å². The van der Waals surface area contributed by atoms with E-state index in [1.165, 1.54) is 17.8 Å². The van der Waals surface area contributed by atoms with Crippen molar-refractivity contribution in [3.63, 3.8) is 0 Å². The van der Waals surface area contributed by atoms with Gasteiger partial charge in [-0.2, -0.15) is 0 Å². The van der Waals surface area contributed by atoms with Crippen LogP contribution in [0.15, 0.2) is 41.6 Å². The van der Waals surface area contributed by atoms with Crippen LogP contribution in [0.25, 0.3) is 0 Å². The number of aromatic nitrogens is 3. The molecule has 1 atom stereocenters. The molecule has 0 aliphatic carbocycles. The van der Waals surface area contributed by atoms with E-state index < -0.39 is 0 Å². The van der Waals surface area contributed by atoms with Crippen molar-refractivity contribution in [1.82, 2.24) is 20.1 Å². The van der Waals surface area contributed by atoms with E-state index in [1.54, 1.807) is 24.3 Å². The molecule has 3 aromatic rings. The highest BCUT2D eigenvalue weighted by Gasteiger charge is 2.21. The zero-order valence-electron chi connectivity index (χ0n) is 16.1. The average Bonchev–Trinajstić information content (AvgIpc) is 3.10. The highest BCUT2D eigenvalue weighted by molar-refractivity contribution is 7.98. The van der Waals surface area contributed by atoms with E-state index in [0.717, 1.165) is 10.7 Å². The molecule has 0 bridgehead atoms. The molecule has 0 unspecified atom stereocenters. The maximum atomic E-state index is 12.6. The topological polar surface area (TPSA) is 59.8 Å². The molecule has 0 radical (unpaired) electrons. The first-order chi connectivity index (χ1) is 14.3. The van der Waals surface area contributed by atoms with Crippen LogP contribution in [0.1, 0.15) is 41.6 Å². The molecule has 0 aliphatic heterocycles. The van der Waals surface area contributed by atoms with Crippen LogP contribution in [0.4, 0.5) is 0 Å². The van der Waals surface area contributed by atoms with Crippen molar-refractivity contribution in [2.75, 3.05) is 0 Å². The lowest BCUT2D eigenvalue weighted by Gasteiger charge is -2.15. The van der Waals surface area contributed by atoms with Crippen LogP contribution in [-0.2, 0) is 12.3 Å². The fourth-order valence-electron chi connectivity index (χ4n) is 2.82. The van der Waals surface area contributed by atoms with Gasteiger partial charge in [0.05, 0.1) is 16.6 Å². The van der Waals surface area contributed by atoms with Crippen LogP contribution >= 0.6 is 58.2 Å². The molecule has 3 rings (SSSR count). The number of halogens is 4. The molecule has 0 aliphatic rings. The summed E-state index contributed by atoms with van der Waals surface area (Å²) in [5, 5.41) is 14.2. The summed E-state index contributed by atoms with van der Waals surface area (Å²) in [6.45, 7) is 4.50. The Balaban J connectivity index is 1.73. The van der Waals surface area contributed by atoms with Gasteiger partial charge in [-0.3, -0.25) is 4.79 Å². The Hall–Kier alpha value is -1.44. The number of hydrogen-bond acceptors (Lipinski definition) is 4. The number of hydrogen-bond donors (Lipinski definition) is 1. The Morgan fingerprint density at radius 2 is 1.73 bits per heavy atom. The average molecular weight is 504 g/mol. The summed E-state index contributed by atoms with van der Waals surface area (Å²) in [5.74, 6) is 0.965. The van der Waals surface area contributed by atoms with Gasteiger partial charge in [-0.25, -0.2) is 0 Å². The summed E-state index contributed by atoms with van der Waals surface area (Å²) in [5.41, 5.74) is 1.31. The molecule has 158 valence electrons. The van der Waals surface area contributed by atoms with Gasteiger partial charge in [0.25, 0.3) is 5.91 Å². The molecule has 0 spiro atoms. The Morgan fingerprint density at radius 1 is 1.07 bits per heavy atom. The highest BCUT2D eigenvalue weighted by atomic mass is 35.5. The predicted octanol–water partition coefficient (Wildman–Crippen LogP) is 6.69. The Bertz CT molecular complexity index is 1070. The maximum absolute atomic E-state index is 12.6. The van der Waals surface area contributed by atoms with Gasteiger partial charge in [0.1, 0.15) is 0 Å². The third-order valence-electron chi connectivity index (χ3n) is 4.34. The summed E-state index contributed by atoms with van der Waals surface area (Å²) < 4.78 is 1.96. The maximum Gasteiger partial charge on any atom is 0.253 e. The molecular formula is C20H18Cl4N4OS. The lowest BCUT2D eigenvalue weighted by molar-refractivity contribution is 0.0937. The minimum Gasteiger partial charge on any atom is -0.342 e. The van der Waals surface area contributed by atoms with Crippen LogP contribution < -0.4 is 5.32 Å². The molecule has 0 saturated carbocycles. The van der Waals surface area contributed by atoms with Gasteiger partial charge in [0.2, 0.25) is 0 Å². The van der Waals surface area contributed by atoms with Crippen molar-refractivity contribution < 1.29 is 4.79 Å². The summed E-state index contributed by atoms with van der Waals surface area (Å²) in [4.78, 5) is 12.6. The molecular weight excluding hydrogens is 486 g/mol. The predicted molar refractivity (Wildman–Crippen MR) is 124 cm³/mol. The van der Waals surface area contributed by atoms with Gasteiger partial charge in [-0.1, -0.05) is 64.2 Å². The van der Waals surface area contributed by atoms with E-state index in [4.69, 9.17) is 46.4 Å². The van der Waals surface area contributed by atoms with Crippen LogP contribution in [0, 0.1) is 0 Å². The minimum absolute atomic E-state index is 0.292. The summed E-state index contributed by atoms with van der Waals surface area (Å²) >= 11 is 25.8. The number of benzene rings is 2. The zero-order chi connectivity index (χ0) is 21.8. The fourth-order valence-corrected chi connectivity index (χ4v) is 4.88. The Morgan fingerprint density at radius 3 is 2.37 bits per heavy atom. The smallest absolute Gasteiger partial charge is 0.253 e. The van der Waals surface area contributed by atoms with E-state index in [0.29, 0.717) is 43.8 Å². The highest BCUT2D eigenvalue weighted by Crippen LogP contribution is 2.29. The van der Waals surface area contributed by atoms with E-state index in [2.05, 4.69) is 15.5 Å². The molecule has 1 amide bonds. The number of carbonyl (C=O) groups excluding carboxylic acids is 1. The van der Waals surface area contributed by atoms with Crippen LogP contribution in [0.5, 0.6) is 0 Å². The molecule has 1 aromatic heterocycles. The number of rotatable bonds is 7. The van der Waals surface area contributed by atoms with Crippen LogP contribution in [0.3, 0.4) is 0 Å². The normalized spacial score (nSPS) is 12.1. The lowest BCUT2D eigenvalue weighted by Crippen LogP contribution is -2.29. The molecule has 2 aromatic carbocycles. The summed E-state index contributed by atoms with van der Waals surface area (Å²) in [7, 11) is 0. The van der Waals surface area contributed by atoms with E-state index >= 15 is 0 Å². The molecule has 1 N–H and O–H groups in total. The molecule has 30 heavy (non-hydrogen) atoms. The lowest BCUT2D eigenvalue weighted by atomic mass is 10.2. The van der Waals surface area contributed by atoms with Crippen molar-refractivity contribution in [1.29, 1.82) is 0 Å². The first-order valence-corrected chi connectivity index (χ1v) is 11.6. The third kappa shape index (κ3) is 5.42. The van der Waals surface area contributed by atoms with Gasteiger partial charge >= 0.3 is 0 Å². The molecule has 0 fully saturated rings. The number of amides is 1. The summed E-state index contributed by atoms with van der Waals surface area (Å²) in [6, 6.07) is 9.79. The second-order valence-corrected chi connectivity index (χ2v) is 9.06. The minimum atomic E-state index is -0.370. The van der Waals surface area contributed by atoms with Crippen LogP contribution in [-0.4, -0.2) is 20.7 Å². The SMILES string of the molecule is CCn1c(SCc2ccc(Cl)cc2Cl)nnc1[C@H](C)NC(=O)c1ccc(Cl)cc1Cl. The monoisotopic (exact) mass is 502 g/mol. The molecule has 1 heterocycles. The third-order valence-corrected chi connectivity index (χ3v) is 6.49. The van der Waals surface area contributed by atoms with Gasteiger partial charge in [0, 0.05) is 27.4 Å². The van der Waals surface area contributed by atoms with Gasteiger partial charge in [-0.15, -0.1) is 10.2 Å². The summed E-state index contributed by atoms with van der Waals surface area (Å²) in [6.07, 6.45) is 0. The molecule has 0 saturated heterocycles. The zero-order valence-corrected chi connectivity index (χ0v) is 20.0. The molecule has 5 nitrogen and oxygen atoms in total. The number of thioether (sulfide) groups is 1. The van der Waals surface area contributed by atoms with Crippen molar-refractivity contribution in [2.24, 2.45) is 0 Å². The van der Waals surface area contributed by atoms with Crippen molar-refractivity contribution in [3.05, 3.63) is 73.4 Å². The van der Waals surface area contributed by atoms with E-state index in [-0.39, 0.29) is 11.9 Å². The second kappa shape index (κ2) is 10.2. The Kier molecular flexibility index (Phi) is 7.93. The standard InChI is InChI=1S/C20H18Cl4N4OS/c1-3-28-18(11(2)25-19(29)15-7-6-14(22)9-17(15)24)26-27-20(28)30-10-12-4-5-13(21)8-16(12)23/h4-9,11H,3,10H2,1-2H3,(H,25,29)/t11-/m0/s1. The second-order valence-electron chi connectivity index (χ2n) is 6.43. The number of carbonyl (C=O) groups is 1. The van der Waals surface area contributed by atoms with Crippen molar-refractivity contribution >= 4 is 64.1 Å². The fraction of sp³-hybridized carbons (Fsp3) is 0.250. The van der Waals surface area contributed by atoms with Crippen molar-refractivity contribution in [3.8, 4) is 0 Å². The van der Waals surface area contributed by atoms with Gasteiger partial charge < -0.3 is 9.88 Å². The largest absolute Gasteiger partial charge is 0.342 e. The Labute approximate surface area is 199 Å². The first-order valence-electron chi connectivity index (χ1n) is 9.05. The molecule has 10 heteroatoms. The first kappa shape index (κ1) is 23.2.